The SMILES string of the molecule is CCCc1cc2c(cc1OC)OC[C@@H](c1ccc3c(c1)OCCO3)C2=O. The standard InChI is InChI=1S/C21H22O5/c1-3-4-14-9-15-19(11-18(14)23-2)26-12-16(21(15)22)13-5-6-17-20(10-13)25-8-7-24-17/h5-6,9-11,16H,3-4,7-8,12H2,1-2H3/t16-/m0/s1. The summed E-state index contributed by atoms with van der Waals surface area (Å²) in [6, 6.07) is 9.42. The quantitative estimate of drug-likeness (QED) is 0.836. The van der Waals surface area contributed by atoms with Crippen molar-refractivity contribution in [3.8, 4) is 23.0 Å². The highest BCUT2D eigenvalue weighted by Crippen LogP contribution is 2.39. The van der Waals surface area contributed by atoms with Gasteiger partial charge in [0.15, 0.2) is 17.3 Å². The monoisotopic (exact) mass is 354 g/mol. The van der Waals surface area contributed by atoms with E-state index in [1.807, 2.05) is 30.3 Å². The third kappa shape index (κ3) is 2.87. The second kappa shape index (κ2) is 6.90. The predicted molar refractivity (Wildman–Crippen MR) is 97.0 cm³/mol. The van der Waals surface area contributed by atoms with Crippen molar-refractivity contribution in [2.75, 3.05) is 26.9 Å². The van der Waals surface area contributed by atoms with E-state index in [0.717, 1.165) is 35.5 Å². The molecule has 0 N–H and O–H groups in total. The highest BCUT2D eigenvalue weighted by atomic mass is 16.6. The van der Waals surface area contributed by atoms with E-state index in [1.165, 1.54) is 0 Å². The van der Waals surface area contributed by atoms with Crippen molar-refractivity contribution in [2.24, 2.45) is 0 Å². The van der Waals surface area contributed by atoms with Crippen LogP contribution in [-0.4, -0.2) is 32.7 Å². The number of Topliss-reactive ketones (excluding diaryl/α,β-unsaturated/α-hetero) is 1. The molecule has 0 saturated carbocycles. The number of fused-ring (bicyclic) bond motifs is 2. The first-order valence-corrected chi connectivity index (χ1v) is 8.98. The van der Waals surface area contributed by atoms with E-state index in [-0.39, 0.29) is 11.7 Å². The molecular weight excluding hydrogens is 332 g/mol. The van der Waals surface area contributed by atoms with Crippen LogP contribution in [0.25, 0.3) is 0 Å². The molecule has 2 aromatic rings. The lowest BCUT2D eigenvalue weighted by Gasteiger charge is -2.27. The molecule has 2 heterocycles. The summed E-state index contributed by atoms with van der Waals surface area (Å²) < 4.78 is 22.6. The number of hydrogen-bond acceptors (Lipinski definition) is 5. The summed E-state index contributed by atoms with van der Waals surface area (Å²) in [5.74, 6) is 2.51. The van der Waals surface area contributed by atoms with Gasteiger partial charge < -0.3 is 18.9 Å². The van der Waals surface area contributed by atoms with Gasteiger partial charge in [-0.25, -0.2) is 0 Å². The van der Waals surface area contributed by atoms with Gasteiger partial charge in [-0.1, -0.05) is 19.4 Å². The smallest absolute Gasteiger partial charge is 0.177 e. The van der Waals surface area contributed by atoms with Gasteiger partial charge >= 0.3 is 0 Å². The maximum atomic E-state index is 13.1. The first-order chi connectivity index (χ1) is 12.7. The number of aryl methyl sites for hydroxylation is 1. The molecule has 2 aromatic carbocycles. The molecule has 2 aliphatic rings. The fraction of sp³-hybridized carbons (Fsp3) is 0.381. The molecule has 5 nitrogen and oxygen atoms in total. The van der Waals surface area contributed by atoms with Crippen LogP contribution in [0.4, 0.5) is 0 Å². The molecule has 0 bridgehead atoms. The van der Waals surface area contributed by atoms with Gasteiger partial charge in [-0.3, -0.25) is 4.79 Å². The summed E-state index contributed by atoms with van der Waals surface area (Å²) in [5.41, 5.74) is 2.55. The number of rotatable bonds is 4. The second-order valence-electron chi connectivity index (χ2n) is 6.54. The largest absolute Gasteiger partial charge is 0.496 e. The van der Waals surface area contributed by atoms with Gasteiger partial charge in [0.1, 0.15) is 31.3 Å². The van der Waals surface area contributed by atoms with E-state index >= 15 is 0 Å². The summed E-state index contributed by atoms with van der Waals surface area (Å²) in [5, 5.41) is 0. The summed E-state index contributed by atoms with van der Waals surface area (Å²) in [7, 11) is 1.64. The molecule has 1 atom stereocenters. The summed E-state index contributed by atoms with van der Waals surface area (Å²) >= 11 is 0. The van der Waals surface area contributed by atoms with E-state index in [9.17, 15) is 4.79 Å². The van der Waals surface area contributed by atoms with Crippen molar-refractivity contribution in [3.63, 3.8) is 0 Å². The first kappa shape index (κ1) is 16.8. The normalized spacial score (nSPS) is 18.1. The van der Waals surface area contributed by atoms with Gasteiger partial charge in [-0.05, 0) is 35.7 Å². The van der Waals surface area contributed by atoms with E-state index in [4.69, 9.17) is 18.9 Å². The maximum Gasteiger partial charge on any atom is 0.177 e. The number of methoxy groups -OCH3 is 1. The van der Waals surface area contributed by atoms with Gasteiger partial charge in [0.25, 0.3) is 0 Å². The molecule has 0 unspecified atom stereocenters. The van der Waals surface area contributed by atoms with E-state index < -0.39 is 0 Å². The predicted octanol–water partition coefficient (Wildman–Crippen LogP) is 3.78. The number of carbonyl (C=O) groups excluding carboxylic acids is 1. The first-order valence-electron chi connectivity index (χ1n) is 8.98. The highest BCUT2D eigenvalue weighted by Gasteiger charge is 2.32. The van der Waals surface area contributed by atoms with Crippen LogP contribution >= 0.6 is 0 Å². The Hall–Kier alpha value is -2.69. The Morgan fingerprint density at radius 1 is 1.04 bits per heavy atom. The Bertz CT molecular complexity index is 843. The zero-order valence-corrected chi connectivity index (χ0v) is 15.0. The lowest BCUT2D eigenvalue weighted by molar-refractivity contribution is 0.0895. The second-order valence-corrected chi connectivity index (χ2v) is 6.54. The van der Waals surface area contributed by atoms with Crippen LogP contribution in [0.3, 0.4) is 0 Å². The molecule has 0 spiro atoms. The van der Waals surface area contributed by atoms with Crippen molar-refractivity contribution >= 4 is 5.78 Å². The summed E-state index contributed by atoms with van der Waals surface area (Å²) in [6.07, 6.45) is 1.84. The minimum atomic E-state index is -0.346. The van der Waals surface area contributed by atoms with Crippen molar-refractivity contribution in [2.45, 2.75) is 25.7 Å². The molecule has 0 aromatic heterocycles. The number of ether oxygens (including phenoxy) is 4. The maximum absolute atomic E-state index is 13.1. The third-order valence-electron chi connectivity index (χ3n) is 4.86. The van der Waals surface area contributed by atoms with Crippen LogP contribution < -0.4 is 18.9 Å². The van der Waals surface area contributed by atoms with E-state index in [2.05, 4.69) is 6.92 Å². The number of hydrogen-bond donors (Lipinski definition) is 0. The number of benzene rings is 2. The van der Waals surface area contributed by atoms with Crippen LogP contribution in [-0.2, 0) is 6.42 Å². The molecule has 26 heavy (non-hydrogen) atoms. The van der Waals surface area contributed by atoms with Crippen molar-refractivity contribution in [1.29, 1.82) is 0 Å². The molecule has 0 fully saturated rings. The molecular formula is C21H22O5. The van der Waals surface area contributed by atoms with Crippen LogP contribution in [0.2, 0.25) is 0 Å². The molecule has 5 heteroatoms. The molecule has 0 amide bonds. The summed E-state index contributed by atoms with van der Waals surface area (Å²) in [4.78, 5) is 13.1. The Balaban J connectivity index is 1.68. The molecule has 0 saturated heterocycles. The molecule has 0 radical (unpaired) electrons. The minimum absolute atomic E-state index is 0.0722. The van der Waals surface area contributed by atoms with Gasteiger partial charge in [-0.2, -0.15) is 0 Å². The van der Waals surface area contributed by atoms with Crippen LogP contribution in [0.1, 0.15) is 40.7 Å². The Morgan fingerprint density at radius 2 is 1.85 bits per heavy atom. The third-order valence-corrected chi connectivity index (χ3v) is 4.86. The molecule has 4 rings (SSSR count). The number of ketones is 1. The Morgan fingerprint density at radius 3 is 2.62 bits per heavy atom. The lowest BCUT2D eigenvalue weighted by Crippen LogP contribution is -2.26. The Labute approximate surface area is 152 Å². The van der Waals surface area contributed by atoms with Gasteiger partial charge in [0.05, 0.1) is 18.6 Å². The average molecular weight is 354 g/mol. The summed E-state index contributed by atoms with van der Waals surface area (Å²) in [6.45, 7) is 3.48. The van der Waals surface area contributed by atoms with Crippen molar-refractivity contribution in [3.05, 3.63) is 47.0 Å². The molecule has 0 aliphatic carbocycles. The lowest BCUT2D eigenvalue weighted by atomic mass is 9.87. The van der Waals surface area contributed by atoms with Gasteiger partial charge in [0.2, 0.25) is 0 Å². The Kier molecular flexibility index (Phi) is 4.45. The minimum Gasteiger partial charge on any atom is -0.496 e. The topological polar surface area (TPSA) is 54.0 Å². The average Bonchev–Trinajstić information content (AvgIpc) is 2.68. The highest BCUT2D eigenvalue weighted by molar-refractivity contribution is 6.04. The van der Waals surface area contributed by atoms with Crippen molar-refractivity contribution in [1.82, 2.24) is 0 Å². The fourth-order valence-corrected chi connectivity index (χ4v) is 3.53. The fourth-order valence-electron chi connectivity index (χ4n) is 3.53. The van der Waals surface area contributed by atoms with Gasteiger partial charge in [-0.15, -0.1) is 0 Å². The van der Waals surface area contributed by atoms with Gasteiger partial charge in [0, 0.05) is 6.07 Å². The van der Waals surface area contributed by atoms with Crippen LogP contribution in [0, 0.1) is 0 Å². The zero-order chi connectivity index (χ0) is 18.1. The molecule has 2 aliphatic heterocycles. The van der Waals surface area contributed by atoms with Crippen LogP contribution in [0.5, 0.6) is 23.0 Å². The molecule has 136 valence electrons. The van der Waals surface area contributed by atoms with Crippen molar-refractivity contribution < 1.29 is 23.7 Å². The van der Waals surface area contributed by atoms with Crippen LogP contribution in [0.15, 0.2) is 30.3 Å². The number of carbonyl (C=O) groups is 1. The zero-order valence-electron chi connectivity index (χ0n) is 15.0. The van der Waals surface area contributed by atoms with E-state index in [0.29, 0.717) is 36.9 Å². The van der Waals surface area contributed by atoms with E-state index in [1.54, 1.807) is 7.11 Å².